The fourth-order valence-corrected chi connectivity index (χ4v) is 3.61. The lowest BCUT2D eigenvalue weighted by Gasteiger charge is -2.14. The number of ether oxygens (including phenoxy) is 1. The third-order valence-corrected chi connectivity index (χ3v) is 5.57. The van der Waals surface area contributed by atoms with Crippen LogP contribution in [0.25, 0.3) is 0 Å². The van der Waals surface area contributed by atoms with Crippen molar-refractivity contribution in [3.05, 3.63) is 51.5 Å². The predicted molar refractivity (Wildman–Crippen MR) is 106 cm³/mol. The molecule has 1 N–H and O–H groups in total. The summed E-state index contributed by atoms with van der Waals surface area (Å²) in [6, 6.07) is 8.92. The maximum absolute atomic E-state index is 12.7. The van der Waals surface area contributed by atoms with Crippen molar-refractivity contribution in [1.82, 2.24) is 4.90 Å². The molecule has 136 valence electrons. The number of likely N-dealkylation sites (N-methyl/N-ethyl adjacent to an activating group) is 1. The SMILES string of the molecule is Cc1cc(S(=O)Nc2ccc(Cl)c(OCCN(C)C)c2)c(C)cc1Cl. The summed E-state index contributed by atoms with van der Waals surface area (Å²) in [5, 5.41) is 1.19. The topological polar surface area (TPSA) is 41.6 Å². The summed E-state index contributed by atoms with van der Waals surface area (Å²) >= 11 is 12.3. The second kappa shape index (κ2) is 8.90. The van der Waals surface area contributed by atoms with E-state index in [1.807, 2.05) is 45.0 Å². The van der Waals surface area contributed by atoms with Crippen molar-refractivity contribution in [1.29, 1.82) is 0 Å². The summed E-state index contributed by atoms with van der Waals surface area (Å²) in [5.41, 5.74) is 2.44. The Labute approximate surface area is 161 Å². The smallest absolute Gasteiger partial charge is 0.150 e. The largest absolute Gasteiger partial charge is 0.491 e. The van der Waals surface area contributed by atoms with Gasteiger partial charge >= 0.3 is 0 Å². The molecule has 0 saturated heterocycles. The normalized spacial score (nSPS) is 12.3. The van der Waals surface area contributed by atoms with Crippen molar-refractivity contribution in [3.8, 4) is 5.75 Å². The van der Waals surface area contributed by atoms with Gasteiger partial charge in [-0.3, -0.25) is 0 Å². The number of nitrogens with zero attached hydrogens (tertiary/aromatic N) is 1. The Hall–Kier alpha value is -1.27. The van der Waals surface area contributed by atoms with Gasteiger partial charge in [0.05, 0.1) is 15.6 Å². The van der Waals surface area contributed by atoms with Gasteiger partial charge in [0, 0.05) is 17.6 Å². The van der Waals surface area contributed by atoms with Crippen molar-refractivity contribution < 1.29 is 8.95 Å². The summed E-state index contributed by atoms with van der Waals surface area (Å²) < 4.78 is 21.4. The molecule has 0 aliphatic rings. The lowest BCUT2D eigenvalue weighted by Crippen LogP contribution is -2.19. The van der Waals surface area contributed by atoms with Gasteiger partial charge in [0.2, 0.25) is 0 Å². The van der Waals surface area contributed by atoms with Gasteiger partial charge in [-0.15, -0.1) is 0 Å². The van der Waals surface area contributed by atoms with Crippen LogP contribution < -0.4 is 9.46 Å². The van der Waals surface area contributed by atoms with E-state index in [1.165, 1.54) is 0 Å². The maximum Gasteiger partial charge on any atom is 0.150 e. The van der Waals surface area contributed by atoms with Crippen LogP contribution >= 0.6 is 23.2 Å². The molecule has 0 heterocycles. The van der Waals surface area contributed by atoms with Crippen molar-refractivity contribution in [2.45, 2.75) is 18.7 Å². The van der Waals surface area contributed by atoms with E-state index >= 15 is 0 Å². The van der Waals surface area contributed by atoms with Gasteiger partial charge in [-0.2, -0.15) is 0 Å². The van der Waals surface area contributed by atoms with Crippen molar-refractivity contribution in [2.24, 2.45) is 0 Å². The zero-order valence-corrected chi connectivity index (χ0v) is 17.1. The minimum absolute atomic E-state index is 0.522. The molecule has 0 fully saturated rings. The number of hydrogen-bond donors (Lipinski definition) is 1. The van der Waals surface area contributed by atoms with Crippen LogP contribution in [-0.2, 0) is 11.0 Å². The molecule has 0 aliphatic heterocycles. The first kappa shape index (κ1) is 20.0. The molecule has 2 aromatic carbocycles. The molecule has 0 aromatic heterocycles. The van der Waals surface area contributed by atoms with E-state index in [1.54, 1.807) is 18.2 Å². The second-order valence-corrected chi connectivity index (χ2v) is 8.03. The van der Waals surface area contributed by atoms with Crippen LogP contribution in [0.3, 0.4) is 0 Å². The average Bonchev–Trinajstić information content (AvgIpc) is 2.53. The lowest BCUT2D eigenvalue weighted by molar-refractivity contribution is 0.261. The fraction of sp³-hybridized carbons (Fsp3) is 0.333. The van der Waals surface area contributed by atoms with Gasteiger partial charge in [-0.05, 0) is 63.3 Å². The molecular weight excluding hydrogens is 379 g/mol. The monoisotopic (exact) mass is 400 g/mol. The molecule has 1 unspecified atom stereocenters. The Balaban J connectivity index is 2.14. The number of anilines is 1. The summed E-state index contributed by atoms with van der Waals surface area (Å²) in [6.07, 6.45) is 0. The van der Waals surface area contributed by atoms with E-state index in [9.17, 15) is 4.21 Å². The highest BCUT2D eigenvalue weighted by atomic mass is 35.5. The Bertz CT molecular complexity index is 782. The minimum atomic E-state index is -1.41. The molecule has 1 atom stereocenters. The number of aryl methyl sites for hydroxylation is 2. The van der Waals surface area contributed by atoms with Crippen molar-refractivity contribution in [2.75, 3.05) is 32.0 Å². The molecule has 0 bridgehead atoms. The third kappa shape index (κ3) is 5.61. The molecule has 0 aliphatic carbocycles. The molecule has 2 aromatic rings. The number of halogens is 2. The van der Waals surface area contributed by atoms with E-state index < -0.39 is 11.0 Å². The number of benzene rings is 2. The van der Waals surface area contributed by atoms with Gasteiger partial charge in [-0.1, -0.05) is 23.2 Å². The Morgan fingerprint density at radius 3 is 2.48 bits per heavy atom. The van der Waals surface area contributed by atoms with Crippen molar-refractivity contribution in [3.63, 3.8) is 0 Å². The van der Waals surface area contributed by atoms with E-state index in [-0.39, 0.29) is 0 Å². The Morgan fingerprint density at radius 1 is 1.08 bits per heavy atom. The minimum Gasteiger partial charge on any atom is -0.491 e. The average molecular weight is 401 g/mol. The quantitative estimate of drug-likeness (QED) is 0.732. The number of rotatable bonds is 7. The zero-order chi connectivity index (χ0) is 18.6. The highest BCUT2D eigenvalue weighted by Crippen LogP contribution is 2.29. The van der Waals surface area contributed by atoms with Crippen LogP contribution in [0, 0.1) is 13.8 Å². The van der Waals surface area contributed by atoms with Crippen LogP contribution in [0.4, 0.5) is 5.69 Å². The standard InChI is InChI=1S/C18H22Cl2N2O2S/c1-12-10-18(13(2)9-16(12)20)25(23)21-14-5-6-15(19)17(11-14)24-8-7-22(3)4/h5-6,9-11,21H,7-8H2,1-4H3. The molecule has 7 heteroatoms. The maximum atomic E-state index is 12.7. The Morgan fingerprint density at radius 2 is 1.80 bits per heavy atom. The van der Waals surface area contributed by atoms with Crippen LogP contribution in [0.2, 0.25) is 10.0 Å². The molecule has 0 amide bonds. The van der Waals surface area contributed by atoms with E-state index in [0.717, 1.165) is 17.7 Å². The first-order chi connectivity index (χ1) is 11.8. The Kier molecular flexibility index (Phi) is 7.14. The van der Waals surface area contributed by atoms with Gasteiger partial charge in [-0.25, -0.2) is 4.21 Å². The first-order valence-electron chi connectivity index (χ1n) is 7.80. The summed E-state index contributed by atoms with van der Waals surface area (Å²) in [7, 11) is 2.54. The molecule has 2 rings (SSSR count). The van der Waals surface area contributed by atoms with E-state index in [0.29, 0.717) is 33.0 Å². The fourth-order valence-electron chi connectivity index (χ4n) is 2.13. The van der Waals surface area contributed by atoms with E-state index in [4.69, 9.17) is 27.9 Å². The van der Waals surface area contributed by atoms with Gasteiger partial charge in [0.1, 0.15) is 12.4 Å². The number of nitrogens with one attached hydrogen (secondary N) is 1. The van der Waals surface area contributed by atoms with E-state index in [2.05, 4.69) is 4.72 Å². The summed E-state index contributed by atoms with van der Waals surface area (Å²) in [6.45, 7) is 5.08. The third-order valence-electron chi connectivity index (χ3n) is 3.59. The van der Waals surface area contributed by atoms with Crippen LogP contribution in [-0.4, -0.2) is 36.4 Å². The number of hydrogen-bond acceptors (Lipinski definition) is 3. The van der Waals surface area contributed by atoms with Gasteiger partial charge in [0.25, 0.3) is 0 Å². The van der Waals surface area contributed by atoms with Crippen LogP contribution in [0.1, 0.15) is 11.1 Å². The second-order valence-electron chi connectivity index (χ2n) is 6.03. The molecule has 0 spiro atoms. The molecule has 0 radical (unpaired) electrons. The van der Waals surface area contributed by atoms with Crippen molar-refractivity contribution >= 4 is 39.9 Å². The van der Waals surface area contributed by atoms with Crippen LogP contribution in [0.5, 0.6) is 5.75 Å². The molecular formula is C18H22Cl2N2O2S. The van der Waals surface area contributed by atoms with Crippen LogP contribution in [0.15, 0.2) is 35.2 Å². The predicted octanol–water partition coefficient (Wildman–Crippen LogP) is 4.69. The molecule has 0 saturated carbocycles. The van der Waals surface area contributed by atoms with Gasteiger partial charge in [0.15, 0.2) is 11.0 Å². The highest BCUT2D eigenvalue weighted by molar-refractivity contribution is 7.86. The summed E-state index contributed by atoms with van der Waals surface area (Å²) in [4.78, 5) is 2.73. The highest BCUT2D eigenvalue weighted by Gasteiger charge is 2.12. The first-order valence-corrected chi connectivity index (χ1v) is 9.70. The molecule has 25 heavy (non-hydrogen) atoms. The zero-order valence-electron chi connectivity index (χ0n) is 14.7. The van der Waals surface area contributed by atoms with Gasteiger partial charge < -0.3 is 14.4 Å². The molecule has 4 nitrogen and oxygen atoms in total. The lowest BCUT2D eigenvalue weighted by atomic mass is 10.2. The summed E-state index contributed by atoms with van der Waals surface area (Å²) in [5.74, 6) is 0.564.